The highest BCUT2D eigenvalue weighted by Gasteiger charge is 2.27. The van der Waals surface area contributed by atoms with Gasteiger partial charge in [-0.05, 0) is 38.6 Å². The Morgan fingerprint density at radius 2 is 2.05 bits per heavy atom. The molecule has 0 amide bonds. The second kappa shape index (κ2) is 5.17. The van der Waals surface area contributed by atoms with Gasteiger partial charge in [-0.3, -0.25) is 4.79 Å². The highest BCUT2D eigenvalue weighted by atomic mass is 19.1. The van der Waals surface area contributed by atoms with Crippen LogP contribution >= 0.6 is 0 Å². The summed E-state index contributed by atoms with van der Waals surface area (Å²) < 4.78 is 25.1. The first kappa shape index (κ1) is 13.8. The molecule has 1 aromatic carbocycles. The van der Waals surface area contributed by atoms with E-state index >= 15 is 0 Å². The quantitative estimate of drug-likeness (QED) is 0.848. The summed E-state index contributed by atoms with van der Waals surface area (Å²) in [4.78, 5) is 12.1. The largest absolute Gasteiger partial charge is 0.486 e. The molecule has 4 nitrogen and oxygen atoms in total. The summed E-state index contributed by atoms with van der Waals surface area (Å²) >= 11 is 0. The molecule has 0 fully saturated rings. The number of Topliss-reactive ketones (excluding diaryl/α,β-unsaturated/α-hetero) is 1. The van der Waals surface area contributed by atoms with Crippen molar-refractivity contribution in [3.63, 3.8) is 0 Å². The minimum absolute atomic E-state index is 0.143. The van der Waals surface area contributed by atoms with Crippen molar-refractivity contribution in [3.05, 3.63) is 23.3 Å². The number of benzene rings is 1. The molecule has 19 heavy (non-hydrogen) atoms. The van der Waals surface area contributed by atoms with Gasteiger partial charge in [0, 0.05) is 0 Å². The van der Waals surface area contributed by atoms with Crippen molar-refractivity contribution >= 4 is 5.78 Å². The van der Waals surface area contributed by atoms with Crippen LogP contribution in [0, 0.1) is 0 Å². The van der Waals surface area contributed by atoms with E-state index in [4.69, 9.17) is 9.47 Å². The maximum Gasteiger partial charge on any atom is 0.180 e. The van der Waals surface area contributed by atoms with E-state index in [0.717, 1.165) is 0 Å². The number of carbonyl (C=O) groups excluding carboxylic acids is 1. The number of ketones is 1. The molecule has 1 aliphatic heterocycles. The average molecular weight is 267 g/mol. The van der Waals surface area contributed by atoms with Gasteiger partial charge in [0.05, 0.1) is 12.1 Å². The fourth-order valence-electron chi connectivity index (χ4n) is 1.96. The van der Waals surface area contributed by atoms with Crippen LogP contribution in [0.5, 0.6) is 11.5 Å². The molecule has 0 saturated heterocycles. The van der Waals surface area contributed by atoms with Gasteiger partial charge in [0.1, 0.15) is 18.9 Å². The zero-order chi connectivity index (χ0) is 14.0. The SMILES string of the molecule is CNCC(=O)c1cc(C(C)(C)F)cc2c1OCCO2. The second-order valence-corrected chi connectivity index (χ2v) is 4.97. The second-order valence-electron chi connectivity index (χ2n) is 4.97. The first-order valence-corrected chi connectivity index (χ1v) is 6.24. The maximum atomic E-state index is 14.1. The normalized spacial score (nSPS) is 14.3. The lowest BCUT2D eigenvalue weighted by molar-refractivity contribution is 0.0981. The number of carbonyl (C=O) groups is 1. The molecule has 0 atom stereocenters. The van der Waals surface area contributed by atoms with Crippen LogP contribution in [-0.4, -0.2) is 32.6 Å². The molecule has 0 unspecified atom stereocenters. The summed E-state index contributed by atoms with van der Waals surface area (Å²) in [6.07, 6.45) is 0. The molecule has 5 heteroatoms. The van der Waals surface area contributed by atoms with Gasteiger partial charge < -0.3 is 14.8 Å². The number of likely N-dealkylation sites (N-methyl/N-ethyl adjacent to an activating group) is 1. The highest BCUT2D eigenvalue weighted by Crippen LogP contribution is 2.39. The van der Waals surface area contributed by atoms with Crippen LogP contribution in [0.1, 0.15) is 29.8 Å². The van der Waals surface area contributed by atoms with Gasteiger partial charge in [-0.25, -0.2) is 4.39 Å². The van der Waals surface area contributed by atoms with Crippen molar-refractivity contribution in [2.45, 2.75) is 19.5 Å². The number of hydrogen-bond donors (Lipinski definition) is 1. The van der Waals surface area contributed by atoms with Crippen molar-refractivity contribution in [2.75, 3.05) is 26.8 Å². The standard InChI is InChI=1S/C14H18FNO3/c1-14(2,15)9-6-10(11(17)8-16-3)13-12(7-9)18-4-5-19-13/h6-7,16H,4-5,8H2,1-3H3. The number of ether oxygens (including phenoxy) is 2. The molecule has 0 saturated carbocycles. The van der Waals surface area contributed by atoms with Crippen LogP contribution in [-0.2, 0) is 5.67 Å². The molecule has 104 valence electrons. The van der Waals surface area contributed by atoms with Crippen LogP contribution < -0.4 is 14.8 Å². The van der Waals surface area contributed by atoms with Crippen LogP contribution in [0.4, 0.5) is 4.39 Å². The molecule has 2 rings (SSSR count). The minimum atomic E-state index is -1.54. The molecule has 0 radical (unpaired) electrons. The first-order chi connectivity index (χ1) is 8.93. The lowest BCUT2D eigenvalue weighted by Gasteiger charge is -2.24. The molecular formula is C14H18FNO3. The average Bonchev–Trinajstić information content (AvgIpc) is 2.36. The van der Waals surface area contributed by atoms with E-state index in [9.17, 15) is 9.18 Å². The summed E-state index contributed by atoms with van der Waals surface area (Å²) in [5.41, 5.74) is -0.756. The Kier molecular flexibility index (Phi) is 3.75. The van der Waals surface area contributed by atoms with Gasteiger partial charge in [-0.15, -0.1) is 0 Å². The molecule has 1 aromatic rings. The number of halogens is 1. The summed E-state index contributed by atoms with van der Waals surface area (Å²) in [5, 5.41) is 2.79. The van der Waals surface area contributed by atoms with Gasteiger partial charge in [0.2, 0.25) is 0 Å². The zero-order valence-electron chi connectivity index (χ0n) is 11.4. The molecule has 1 N–H and O–H groups in total. The third-order valence-corrected chi connectivity index (χ3v) is 2.97. The molecule has 1 aliphatic rings. The van der Waals surface area contributed by atoms with E-state index in [2.05, 4.69) is 5.32 Å². The van der Waals surface area contributed by atoms with E-state index in [1.54, 1.807) is 19.2 Å². The Labute approximate surface area is 111 Å². The summed E-state index contributed by atoms with van der Waals surface area (Å²) in [6, 6.07) is 3.15. The third kappa shape index (κ3) is 2.87. The van der Waals surface area contributed by atoms with Crippen LogP contribution in [0.2, 0.25) is 0 Å². The molecule has 0 bridgehead atoms. The van der Waals surface area contributed by atoms with E-state index in [0.29, 0.717) is 35.8 Å². The Bertz CT molecular complexity index is 494. The van der Waals surface area contributed by atoms with Crippen molar-refractivity contribution < 1.29 is 18.7 Å². The number of fused-ring (bicyclic) bond motifs is 1. The highest BCUT2D eigenvalue weighted by molar-refractivity contribution is 6.01. The van der Waals surface area contributed by atoms with Crippen LogP contribution in [0.3, 0.4) is 0 Å². The van der Waals surface area contributed by atoms with Gasteiger partial charge in [-0.1, -0.05) is 0 Å². The zero-order valence-corrected chi connectivity index (χ0v) is 11.4. The van der Waals surface area contributed by atoms with Gasteiger partial charge in [0.25, 0.3) is 0 Å². The van der Waals surface area contributed by atoms with Crippen LogP contribution in [0.15, 0.2) is 12.1 Å². The fraction of sp³-hybridized carbons (Fsp3) is 0.500. The lowest BCUT2D eigenvalue weighted by Crippen LogP contribution is -2.24. The van der Waals surface area contributed by atoms with Crippen molar-refractivity contribution in [1.29, 1.82) is 0 Å². The van der Waals surface area contributed by atoms with Gasteiger partial charge in [-0.2, -0.15) is 0 Å². The van der Waals surface area contributed by atoms with Crippen LogP contribution in [0.25, 0.3) is 0 Å². The summed E-state index contributed by atoms with van der Waals surface area (Å²) in [6.45, 7) is 3.87. The minimum Gasteiger partial charge on any atom is -0.486 e. The Morgan fingerprint density at radius 3 is 2.68 bits per heavy atom. The topological polar surface area (TPSA) is 47.6 Å². The van der Waals surface area contributed by atoms with Gasteiger partial charge in [0.15, 0.2) is 17.3 Å². The summed E-state index contributed by atoms with van der Waals surface area (Å²) in [7, 11) is 1.69. The predicted octanol–water partition coefficient (Wildman–Crippen LogP) is 2.06. The molecule has 0 spiro atoms. The van der Waals surface area contributed by atoms with Crippen molar-refractivity contribution in [3.8, 4) is 11.5 Å². The molecule has 0 aromatic heterocycles. The number of nitrogens with one attached hydrogen (secondary N) is 1. The first-order valence-electron chi connectivity index (χ1n) is 6.24. The molecule has 1 heterocycles. The number of rotatable bonds is 4. The number of alkyl halides is 1. The monoisotopic (exact) mass is 267 g/mol. The Morgan fingerprint density at radius 1 is 1.37 bits per heavy atom. The predicted molar refractivity (Wildman–Crippen MR) is 69.8 cm³/mol. The van der Waals surface area contributed by atoms with Gasteiger partial charge >= 0.3 is 0 Å². The van der Waals surface area contributed by atoms with E-state index in [1.807, 2.05) is 0 Å². The fourth-order valence-corrected chi connectivity index (χ4v) is 1.96. The Hall–Kier alpha value is -1.62. The molecule has 0 aliphatic carbocycles. The molecular weight excluding hydrogens is 249 g/mol. The van der Waals surface area contributed by atoms with Crippen molar-refractivity contribution in [1.82, 2.24) is 5.32 Å². The number of hydrogen-bond acceptors (Lipinski definition) is 4. The smallest absolute Gasteiger partial charge is 0.180 e. The Balaban J connectivity index is 2.52. The summed E-state index contributed by atoms with van der Waals surface area (Å²) in [5.74, 6) is 0.712. The van der Waals surface area contributed by atoms with E-state index in [1.165, 1.54) is 13.8 Å². The van der Waals surface area contributed by atoms with E-state index < -0.39 is 5.67 Å². The maximum absolute atomic E-state index is 14.1. The van der Waals surface area contributed by atoms with Crippen molar-refractivity contribution in [2.24, 2.45) is 0 Å². The third-order valence-electron chi connectivity index (χ3n) is 2.97. The van der Waals surface area contributed by atoms with E-state index in [-0.39, 0.29) is 12.3 Å². The lowest BCUT2D eigenvalue weighted by atomic mass is 9.95.